The largest absolute Gasteiger partial charge is 0.435 e. The Kier molecular flexibility index (Phi) is 5.38. The molecule has 1 unspecified atom stereocenters. The zero-order valence-electron chi connectivity index (χ0n) is 12.7. The predicted molar refractivity (Wildman–Crippen MR) is 81.5 cm³/mol. The highest BCUT2D eigenvalue weighted by Gasteiger charge is 2.42. The molecule has 12 heteroatoms. The Labute approximate surface area is 146 Å². The Bertz CT molecular complexity index is 647. The molecule has 0 radical (unpaired) electrons. The number of aromatic nitrogens is 2. The predicted octanol–water partition coefficient (Wildman–Crippen LogP) is 4.16. The van der Waals surface area contributed by atoms with Gasteiger partial charge in [-0.05, 0) is 13.8 Å². The van der Waals surface area contributed by atoms with E-state index in [1.807, 2.05) is 0 Å². The molecule has 0 N–H and O–H groups in total. The highest BCUT2D eigenvalue weighted by atomic mass is 79.9. The molecule has 1 aliphatic rings. The molecule has 136 valence electrons. The number of ether oxygens (including phenoxy) is 1. The van der Waals surface area contributed by atoms with Crippen LogP contribution in [-0.4, -0.2) is 31.9 Å². The first-order chi connectivity index (χ1) is 10.9. The van der Waals surface area contributed by atoms with E-state index in [9.17, 15) is 22.0 Å². The molecule has 1 aromatic heterocycles. The number of hydrogen-bond acceptors (Lipinski definition) is 5. The van der Waals surface area contributed by atoms with Gasteiger partial charge >= 0.3 is 12.8 Å². The topological polar surface area (TPSA) is 48.6 Å². The Morgan fingerprint density at radius 1 is 1.42 bits per heavy atom. The standard InChI is InChI=1S/C12H13BrF5N3O2S/c1-11(2)6(13)8(20-23-11)24-4-5-7(12(16,17)18)19-21(3)9(5)22-10(14)15/h6,10H,4H2,1-3H3. The molecule has 0 saturated heterocycles. The van der Waals surface area contributed by atoms with Gasteiger partial charge in [0.25, 0.3) is 0 Å². The summed E-state index contributed by atoms with van der Waals surface area (Å²) in [7, 11) is 1.10. The van der Waals surface area contributed by atoms with Gasteiger partial charge < -0.3 is 9.57 Å². The summed E-state index contributed by atoms with van der Waals surface area (Å²) < 4.78 is 69.1. The lowest BCUT2D eigenvalue weighted by atomic mass is 10.1. The van der Waals surface area contributed by atoms with Gasteiger partial charge in [-0.15, -0.1) is 11.8 Å². The third-order valence-electron chi connectivity index (χ3n) is 3.12. The fraction of sp³-hybridized carbons (Fsp3) is 0.667. The van der Waals surface area contributed by atoms with E-state index >= 15 is 0 Å². The maximum absolute atomic E-state index is 13.1. The average molecular weight is 438 g/mol. The molecule has 1 atom stereocenters. The second kappa shape index (κ2) is 6.70. The van der Waals surface area contributed by atoms with Crippen molar-refractivity contribution in [3.8, 4) is 5.88 Å². The van der Waals surface area contributed by atoms with Crippen molar-refractivity contribution in [3.05, 3.63) is 11.3 Å². The number of oxime groups is 1. The molecule has 0 amide bonds. The third-order valence-corrected chi connectivity index (χ3v) is 6.00. The summed E-state index contributed by atoms with van der Waals surface area (Å²) >= 11 is 4.28. The summed E-state index contributed by atoms with van der Waals surface area (Å²) in [6, 6.07) is 0. The van der Waals surface area contributed by atoms with Gasteiger partial charge in [-0.3, -0.25) is 0 Å². The Hall–Kier alpha value is -1.04. The van der Waals surface area contributed by atoms with Crippen LogP contribution in [-0.2, 0) is 23.8 Å². The summed E-state index contributed by atoms with van der Waals surface area (Å²) in [6.45, 7) is 0.236. The lowest BCUT2D eigenvalue weighted by molar-refractivity contribution is -0.142. The van der Waals surface area contributed by atoms with E-state index in [2.05, 4.69) is 30.9 Å². The molecule has 1 aliphatic heterocycles. The van der Waals surface area contributed by atoms with Gasteiger partial charge in [-0.25, -0.2) is 4.68 Å². The van der Waals surface area contributed by atoms with Crippen LogP contribution >= 0.6 is 27.7 Å². The molecule has 5 nitrogen and oxygen atoms in total. The van der Waals surface area contributed by atoms with Gasteiger partial charge in [-0.2, -0.15) is 27.1 Å². The zero-order chi connectivity index (χ0) is 18.3. The summed E-state index contributed by atoms with van der Waals surface area (Å²) in [5, 5.41) is 7.48. The molecule has 24 heavy (non-hydrogen) atoms. The Morgan fingerprint density at radius 3 is 2.50 bits per heavy atom. The van der Waals surface area contributed by atoms with Gasteiger partial charge in [0.05, 0.1) is 5.56 Å². The van der Waals surface area contributed by atoms with E-state index in [1.165, 1.54) is 0 Å². The van der Waals surface area contributed by atoms with E-state index in [0.717, 1.165) is 18.8 Å². The average Bonchev–Trinajstić information content (AvgIpc) is 2.87. The van der Waals surface area contributed by atoms with Crippen LogP contribution in [0.4, 0.5) is 22.0 Å². The molecule has 2 heterocycles. The minimum atomic E-state index is -4.79. The quantitative estimate of drug-likeness (QED) is 0.524. The first-order valence-electron chi connectivity index (χ1n) is 6.54. The van der Waals surface area contributed by atoms with Crippen molar-refractivity contribution in [2.75, 3.05) is 0 Å². The second-order valence-corrected chi connectivity index (χ2v) is 7.32. The number of halogens is 6. The van der Waals surface area contributed by atoms with E-state index in [-0.39, 0.29) is 10.6 Å². The van der Waals surface area contributed by atoms with Crippen molar-refractivity contribution >= 4 is 32.7 Å². The molecule has 1 aromatic rings. The maximum atomic E-state index is 13.1. The van der Waals surface area contributed by atoms with Gasteiger partial charge in [0.15, 0.2) is 11.3 Å². The van der Waals surface area contributed by atoms with Gasteiger partial charge in [-0.1, -0.05) is 21.1 Å². The van der Waals surface area contributed by atoms with Gasteiger partial charge in [0.2, 0.25) is 5.88 Å². The maximum Gasteiger partial charge on any atom is 0.435 e. The van der Waals surface area contributed by atoms with Crippen molar-refractivity contribution in [2.24, 2.45) is 12.2 Å². The van der Waals surface area contributed by atoms with Crippen LogP contribution in [0.3, 0.4) is 0 Å². The number of alkyl halides is 6. The summed E-state index contributed by atoms with van der Waals surface area (Å²) in [6.07, 6.45) is -4.79. The molecule has 0 fully saturated rings. The molecule has 2 rings (SSSR count). The van der Waals surface area contributed by atoms with Crippen LogP contribution in [0.25, 0.3) is 0 Å². The minimum absolute atomic E-state index is 0.300. The lowest BCUT2D eigenvalue weighted by Crippen LogP contribution is -2.32. The van der Waals surface area contributed by atoms with E-state index in [4.69, 9.17) is 4.84 Å². The number of thioether (sulfide) groups is 1. The fourth-order valence-corrected chi connectivity index (χ4v) is 3.58. The zero-order valence-corrected chi connectivity index (χ0v) is 15.1. The third kappa shape index (κ3) is 3.95. The molecular weight excluding hydrogens is 425 g/mol. The number of rotatable bonds is 4. The molecule has 0 saturated carbocycles. The summed E-state index contributed by atoms with van der Waals surface area (Å²) in [5.41, 5.74) is -2.40. The Morgan fingerprint density at radius 2 is 2.04 bits per heavy atom. The lowest BCUT2D eigenvalue weighted by Gasteiger charge is -2.19. The second-order valence-electron chi connectivity index (χ2n) is 5.41. The van der Waals surface area contributed by atoms with Crippen molar-refractivity contribution < 1.29 is 31.5 Å². The Balaban J connectivity index is 2.28. The first kappa shape index (κ1) is 19.3. The monoisotopic (exact) mass is 437 g/mol. The van der Waals surface area contributed by atoms with Crippen molar-refractivity contribution in [2.45, 2.75) is 42.8 Å². The SMILES string of the molecule is Cn1nc(C(F)(F)F)c(CSC2=NOC(C)(C)C2Br)c1OC(F)F. The van der Waals surface area contributed by atoms with Crippen LogP contribution in [0.1, 0.15) is 25.1 Å². The van der Waals surface area contributed by atoms with Gasteiger partial charge in [0, 0.05) is 12.8 Å². The smallest absolute Gasteiger partial charge is 0.417 e. The minimum Gasteiger partial charge on any atom is -0.417 e. The molecule has 0 bridgehead atoms. The highest BCUT2D eigenvalue weighted by molar-refractivity contribution is 9.10. The normalized spacial score (nSPS) is 20.2. The summed E-state index contributed by atoms with van der Waals surface area (Å²) in [5.74, 6) is -0.930. The number of nitrogens with zero attached hydrogens (tertiary/aromatic N) is 3. The van der Waals surface area contributed by atoms with Crippen LogP contribution in [0.2, 0.25) is 0 Å². The number of hydrogen-bond donors (Lipinski definition) is 0. The van der Waals surface area contributed by atoms with E-state index in [0.29, 0.717) is 9.73 Å². The van der Waals surface area contributed by atoms with Crippen molar-refractivity contribution in [3.63, 3.8) is 0 Å². The first-order valence-corrected chi connectivity index (χ1v) is 8.44. The highest BCUT2D eigenvalue weighted by Crippen LogP contribution is 2.40. The molecular formula is C12H13BrF5N3O2S. The van der Waals surface area contributed by atoms with Crippen molar-refractivity contribution in [1.29, 1.82) is 0 Å². The van der Waals surface area contributed by atoms with E-state index in [1.54, 1.807) is 13.8 Å². The van der Waals surface area contributed by atoms with Crippen LogP contribution in [0.15, 0.2) is 5.16 Å². The van der Waals surface area contributed by atoms with Crippen LogP contribution in [0, 0.1) is 0 Å². The molecule has 0 aromatic carbocycles. The van der Waals surface area contributed by atoms with E-state index < -0.39 is 35.5 Å². The molecule has 0 spiro atoms. The van der Waals surface area contributed by atoms with Gasteiger partial charge in [0.1, 0.15) is 9.87 Å². The number of aryl methyl sites for hydroxylation is 1. The van der Waals surface area contributed by atoms with Crippen LogP contribution in [0.5, 0.6) is 5.88 Å². The fourth-order valence-electron chi connectivity index (χ4n) is 1.94. The van der Waals surface area contributed by atoms with Crippen molar-refractivity contribution in [1.82, 2.24) is 9.78 Å². The van der Waals surface area contributed by atoms with Crippen LogP contribution < -0.4 is 4.74 Å². The molecule has 0 aliphatic carbocycles. The summed E-state index contributed by atoms with van der Waals surface area (Å²) in [4.78, 5) is 4.84.